The lowest BCUT2D eigenvalue weighted by atomic mass is 9.92. The minimum Gasteiger partial charge on any atom is -0.364 e. The van der Waals surface area contributed by atoms with Crippen LogP contribution in [0.2, 0.25) is 0 Å². The summed E-state index contributed by atoms with van der Waals surface area (Å²) in [6, 6.07) is 2.32. The van der Waals surface area contributed by atoms with Crippen molar-refractivity contribution in [2.45, 2.75) is 33.2 Å². The SMILES string of the molecule is CC1CC(C)CN(CC(C)Nc2nccnc2C#N)C1. The minimum atomic E-state index is 0.247. The molecule has 108 valence electrons. The van der Waals surface area contributed by atoms with Gasteiger partial charge in [0.2, 0.25) is 0 Å². The number of anilines is 1. The lowest BCUT2D eigenvalue weighted by Gasteiger charge is -2.36. The first-order chi connectivity index (χ1) is 9.58. The summed E-state index contributed by atoms with van der Waals surface area (Å²) in [5, 5.41) is 12.3. The quantitative estimate of drug-likeness (QED) is 0.910. The summed E-state index contributed by atoms with van der Waals surface area (Å²) in [6.45, 7) is 10.0. The third-order valence-electron chi connectivity index (χ3n) is 3.66. The van der Waals surface area contributed by atoms with Crippen LogP contribution in [0.1, 0.15) is 32.9 Å². The van der Waals surface area contributed by atoms with E-state index in [9.17, 15) is 0 Å². The maximum absolute atomic E-state index is 9.02. The van der Waals surface area contributed by atoms with Crippen molar-refractivity contribution in [3.63, 3.8) is 0 Å². The Labute approximate surface area is 121 Å². The van der Waals surface area contributed by atoms with Gasteiger partial charge in [0.05, 0.1) is 0 Å². The first-order valence-corrected chi connectivity index (χ1v) is 7.28. The Morgan fingerprint density at radius 3 is 2.65 bits per heavy atom. The molecule has 0 spiro atoms. The second kappa shape index (κ2) is 6.67. The van der Waals surface area contributed by atoms with Crippen molar-refractivity contribution in [2.24, 2.45) is 11.8 Å². The largest absolute Gasteiger partial charge is 0.364 e. The van der Waals surface area contributed by atoms with Crippen molar-refractivity contribution in [3.8, 4) is 6.07 Å². The van der Waals surface area contributed by atoms with Crippen LogP contribution in [-0.4, -0.2) is 40.5 Å². The zero-order valence-electron chi connectivity index (χ0n) is 12.5. The molecule has 2 rings (SSSR count). The van der Waals surface area contributed by atoms with Crippen LogP contribution in [0.25, 0.3) is 0 Å². The number of aromatic nitrogens is 2. The Morgan fingerprint density at radius 1 is 1.35 bits per heavy atom. The first-order valence-electron chi connectivity index (χ1n) is 7.28. The average Bonchev–Trinajstić information content (AvgIpc) is 2.37. The maximum Gasteiger partial charge on any atom is 0.182 e. The Morgan fingerprint density at radius 2 is 2.00 bits per heavy atom. The number of nitrogens with one attached hydrogen (secondary N) is 1. The van der Waals surface area contributed by atoms with Crippen LogP contribution in [0.4, 0.5) is 5.82 Å². The van der Waals surface area contributed by atoms with Crippen molar-refractivity contribution >= 4 is 5.82 Å². The molecule has 0 radical (unpaired) electrons. The molecule has 0 amide bonds. The molecule has 1 aliphatic rings. The van der Waals surface area contributed by atoms with Gasteiger partial charge in [0.1, 0.15) is 6.07 Å². The van der Waals surface area contributed by atoms with E-state index in [1.165, 1.54) is 6.42 Å². The summed E-state index contributed by atoms with van der Waals surface area (Å²) in [5.41, 5.74) is 0.361. The number of nitrogens with zero attached hydrogens (tertiary/aromatic N) is 4. The van der Waals surface area contributed by atoms with Crippen LogP contribution in [0, 0.1) is 23.2 Å². The molecule has 5 heteroatoms. The van der Waals surface area contributed by atoms with Crippen molar-refractivity contribution in [3.05, 3.63) is 18.1 Å². The Bertz CT molecular complexity index is 471. The summed E-state index contributed by atoms with van der Waals surface area (Å²) in [5.74, 6) is 2.11. The molecular formula is C15H23N5. The molecule has 1 saturated heterocycles. The summed E-state index contributed by atoms with van der Waals surface area (Å²) in [4.78, 5) is 10.7. The minimum absolute atomic E-state index is 0.247. The molecule has 1 aromatic rings. The molecule has 3 unspecified atom stereocenters. The molecule has 1 aliphatic heterocycles. The van der Waals surface area contributed by atoms with E-state index in [2.05, 4.69) is 47.0 Å². The van der Waals surface area contributed by atoms with E-state index in [0.29, 0.717) is 11.5 Å². The van der Waals surface area contributed by atoms with E-state index < -0.39 is 0 Å². The van der Waals surface area contributed by atoms with Crippen molar-refractivity contribution in [2.75, 3.05) is 25.0 Å². The Balaban J connectivity index is 1.92. The fourth-order valence-corrected chi connectivity index (χ4v) is 3.13. The zero-order valence-corrected chi connectivity index (χ0v) is 12.5. The zero-order chi connectivity index (χ0) is 14.5. The third kappa shape index (κ3) is 3.91. The van der Waals surface area contributed by atoms with E-state index in [1.807, 2.05) is 0 Å². The number of likely N-dealkylation sites (tertiary alicyclic amines) is 1. The molecule has 5 nitrogen and oxygen atoms in total. The van der Waals surface area contributed by atoms with Gasteiger partial charge in [-0.3, -0.25) is 0 Å². The van der Waals surface area contributed by atoms with Gasteiger partial charge in [0, 0.05) is 38.1 Å². The van der Waals surface area contributed by atoms with Crippen LogP contribution in [0.3, 0.4) is 0 Å². The molecule has 0 bridgehead atoms. The number of hydrogen-bond acceptors (Lipinski definition) is 5. The first kappa shape index (κ1) is 14.7. The molecule has 2 heterocycles. The number of nitriles is 1. The van der Waals surface area contributed by atoms with Gasteiger partial charge >= 0.3 is 0 Å². The molecule has 0 aliphatic carbocycles. The standard InChI is InChI=1S/C15H23N5/c1-11-6-12(2)9-20(8-11)10-13(3)19-15-14(7-16)17-4-5-18-15/h4-5,11-13H,6,8-10H2,1-3H3,(H,18,19). The van der Waals surface area contributed by atoms with E-state index >= 15 is 0 Å². The molecule has 1 fully saturated rings. The molecule has 3 atom stereocenters. The second-order valence-electron chi connectivity index (χ2n) is 6.08. The van der Waals surface area contributed by atoms with E-state index in [-0.39, 0.29) is 6.04 Å². The van der Waals surface area contributed by atoms with Crippen molar-refractivity contribution in [1.29, 1.82) is 5.26 Å². The summed E-state index contributed by atoms with van der Waals surface area (Å²) in [6.07, 6.45) is 4.48. The van der Waals surface area contributed by atoms with Crippen LogP contribution >= 0.6 is 0 Å². The highest BCUT2D eigenvalue weighted by Gasteiger charge is 2.23. The van der Waals surface area contributed by atoms with E-state index in [4.69, 9.17) is 5.26 Å². The molecule has 0 aromatic carbocycles. The second-order valence-corrected chi connectivity index (χ2v) is 6.08. The highest BCUT2D eigenvalue weighted by molar-refractivity contribution is 5.47. The Kier molecular flexibility index (Phi) is 4.91. The van der Waals surface area contributed by atoms with Crippen LogP contribution in [0.15, 0.2) is 12.4 Å². The van der Waals surface area contributed by atoms with Crippen molar-refractivity contribution in [1.82, 2.24) is 14.9 Å². The van der Waals surface area contributed by atoms with Gasteiger partial charge in [-0.15, -0.1) is 0 Å². The number of hydrogen-bond donors (Lipinski definition) is 1. The van der Waals surface area contributed by atoms with Crippen LogP contribution < -0.4 is 5.32 Å². The topological polar surface area (TPSA) is 64.8 Å². The highest BCUT2D eigenvalue weighted by atomic mass is 15.2. The average molecular weight is 273 g/mol. The van der Waals surface area contributed by atoms with Crippen LogP contribution in [-0.2, 0) is 0 Å². The highest BCUT2D eigenvalue weighted by Crippen LogP contribution is 2.21. The van der Waals surface area contributed by atoms with E-state index in [1.54, 1.807) is 12.4 Å². The smallest absolute Gasteiger partial charge is 0.182 e. The summed E-state index contributed by atoms with van der Waals surface area (Å²) in [7, 11) is 0. The van der Waals surface area contributed by atoms with Gasteiger partial charge in [-0.25, -0.2) is 9.97 Å². The van der Waals surface area contributed by atoms with Gasteiger partial charge in [0.25, 0.3) is 0 Å². The lowest BCUT2D eigenvalue weighted by Crippen LogP contribution is -2.43. The predicted molar refractivity (Wildman–Crippen MR) is 79.2 cm³/mol. The lowest BCUT2D eigenvalue weighted by molar-refractivity contribution is 0.138. The predicted octanol–water partition coefficient (Wildman–Crippen LogP) is 2.13. The summed E-state index contributed by atoms with van der Waals surface area (Å²) >= 11 is 0. The monoisotopic (exact) mass is 273 g/mol. The molecular weight excluding hydrogens is 250 g/mol. The van der Waals surface area contributed by atoms with Gasteiger partial charge < -0.3 is 10.2 Å². The normalized spacial score (nSPS) is 24.9. The summed E-state index contributed by atoms with van der Waals surface area (Å²) < 4.78 is 0. The van der Waals surface area contributed by atoms with Gasteiger partial charge in [-0.05, 0) is 25.2 Å². The van der Waals surface area contributed by atoms with Crippen LogP contribution in [0.5, 0.6) is 0 Å². The van der Waals surface area contributed by atoms with Gasteiger partial charge in [-0.1, -0.05) is 13.8 Å². The maximum atomic E-state index is 9.02. The van der Waals surface area contributed by atoms with Gasteiger partial charge in [-0.2, -0.15) is 5.26 Å². The van der Waals surface area contributed by atoms with Crippen molar-refractivity contribution < 1.29 is 0 Å². The number of piperidine rings is 1. The van der Waals surface area contributed by atoms with Gasteiger partial charge in [0.15, 0.2) is 11.5 Å². The molecule has 1 N–H and O–H groups in total. The van der Waals surface area contributed by atoms with E-state index in [0.717, 1.165) is 31.5 Å². The Hall–Kier alpha value is -1.67. The molecule has 20 heavy (non-hydrogen) atoms. The fourth-order valence-electron chi connectivity index (χ4n) is 3.13. The molecule has 1 aromatic heterocycles. The fraction of sp³-hybridized carbons (Fsp3) is 0.667. The molecule has 0 saturated carbocycles. The third-order valence-corrected chi connectivity index (χ3v) is 3.66. The number of rotatable bonds is 4.